The van der Waals surface area contributed by atoms with E-state index in [0.717, 1.165) is 0 Å². The van der Waals surface area contributed by atoms with Gasteiger partial charge in [0.15, 0.2) is 0 Å². The monoisotopic (exact) mass is 507 g/mol. The number of hydrogen-bond donors (Lipinski definition) is 0. The number of carbonyl (C=O) groups is 5. The van der Waals surface area contributed by atoms with Crippen molar-refractivity contribution >= 4 is 29.8 Å². The third kappa shape index (κ3) is 5.47. The number of imide groups is 1. The van der Waals surface area contributed by atoms with Crippen LogP contribution in [0.25, 0.3) is 0 Å². The van der Waals surface area contributed by atoms with E-state index in [0.29, 0.717) is 49.4 Å². The van der Waals surface area contributed by atoms with E-state index in [9.17, 15) is 24.0 Å². The Morgan fingerprint density at radius 2 is 1.35 bits per heavy atom. The molecule has 4 rings (SSSR count). The fourth-order valence-electron chi connectivity index (χ4n) is 4.34. The van der Waals surface area contributed by atoms with Crippen LogP contribution in [0.3, 0.4) is 0 Å². The first-order valence-electron chi connectivity index (χ1n) is 12.2. The molecule has 1 fully saturated rings. The molecule has 2 heterocycles. The highest BCUT2D eigenvalue weighted by Crippen LogP contribution is 2.26. The second-order valence-corrected chi connectivity index (χ2v) is 9.27. The Morgan fingerprint density at radius 3 is 1.92 bits per heavy atom. The minimum atomic E-state index is -0.811. The van der Waals surface area contributed by atoms with Crippen LogP contribution < -0.4 is 4.74 Å². The second kappa shape index (κ2) is 10.8. The highest BCUT2D eigenvalue weighted by Gasteiger charge is 2.36. The summed E-state index contributed by atoms with van der Waals surface area (Å²) in [4.78, 5) is 67.3. The van der Waals surface area contributed by atoms with Crippen LogP contribution in [0.4, 0.5) is 4.79 Å². The Morgan fingerprint density at radius 1 is 0.811 bits per heavy atom. The molecule has 2 aliphatic heterocycles. The number of rotatable bonds is 6. The van der Waals surface area contributed by atoms with E-state index in [1.165, 1.54) is 29.2 Å². The van der Waals surface area contributed by atoms with Gasteiger partial charge in [0.25, 0.3) is 23.6 Å². The highest BCUT2D eigenvalue weighted by molar-refractivity contribution is 6.22. The van der Waals surface area contributed by atoms with Crippen LogP contribution in [-0.2, 0) is 4.74 Å². The summed E-state index contributed by atoms with van der Waals surface area (Å²) >= 11 is 0. The lowest BCUT2D eigenvalue weighted by Crippen LogP contribution is -2.50. The molecule has 0 N–H and O–H groups in total. The predicted octanol–water partition coefficient (Wildman–Crippen LogP) is 3.07. The van der Waals surface area contributed by atoms with Gasteiger partial charge in [0, 0.05) is 43.9 Å². The smallest absolute Gasteiger partial charge is 0.434 e. The average molecular weight is 508 g/mol. The van der Waals surface area contributed by atoms with Crippen molar-refractivity contribution in [2.24, 2.45) is 5.92 Å². The molecule has 1 saturated heterocycles. The van der Waals surface area contributed by atoms with Crippen LogP contribution in [0.1, 0.15) is 62.2 Å². The van der Waals surface area contributed by atoms with Gasteiger partial charge in [-0.15, -0.1) is 0 Å². The summed E-state index contributed by atoms with van der Waals surface area (Å²) in [6, 6.07) is 10.8. The minimum absolute atomic E-state index is 0.137. The molecular formula is C27H29N3O7. The molecule has 37 heavy (non-hydrogen) atoms. The Bertz CT molecular complexity index is 1230. The van der Waals surface area contributed by atoms with Crippen LogP contribution >= 0.6 is 0 Å². The van der Waals surface area contributed by atoms with E-state index < -0.39 is 6.16 Å². The van der Waals surface area contributed by atoms with Gasteiger partial charge in [-0.1, -0.05) is 13.8 Å². The van der Waals surface area contributed by atoms with Crippen LogP contribution in [0.5, 0.6) is 5.75 Å². The minimum Gasteiger partial charge on any atom is -0.434 e. The summed E-state index contributed by atoms with van der Waals surface area (Å²) in [6.07, 6.45) is -0.811. The fourth-order valence-corrected chi connectivity index (χ4v) is 4.34. The standard InChI is InChI=1S/C27H29N3O7/c1-4-36-27(35)37-20-8-5-18(6-9-20)23(31)28-11-13-29(14-12-28)24(32)19-7-10-21-22(15-19)26(34)30(25(21)33)16-17(2)3/h5-10,15,17H,4,11-14,16H2,1-3H3. The van der Waals surface area contributed by atoms with Crippen LogP contribution in [-0.4, -0.2) is 83.8 Å². The van der Waals surface area contributed by atoms with Crippen molar-refractivity contribution < 1.29 is 33.4 Å². The maximum atomic E-state index is 13.1. The first-order chi connectivity index (χ1) is 17.7. The number of piperazine rings is 1. The van der Waals surface area contributed by atoms with Crippen molar-refractivity contribution in [1.82, 2.24) is 14.7 Å². The third-order valence-electron chi connectivity index (χ3n) is 6.18. The zero-order valence-electron chi connectivity index (χ0n) is 21.1. The van der Waals surface area contributed by atoms with Crippen LogP contribution in [0.15, 0.2) is 42.5 Å². The van der Waals surface area contributed by atoms with Gasteiger partial charge >= 0.3 is 6.16 Å². The van der Waals surface area contributed by atoms with Crippen LogP contribution in [0.2, 0.25) is 0 Å². The molecule has 0 spiro atoms. The molecule has 0 unspecified atom stereocenters. The van der Waals surface area contributed by atoms with Gasteiger partial charge in [0.1, 0.15) is 5.75 Å². The van der Waals surface area contributed by atoms with Crippen molar-refractivity contribution in [2.75, 3.05) is 39.3 Å². The van der Waals surface area contributed by atoms with E-state index in [4.69, 9.17) is 9.47 Å². The first-order valence-corrected chi connectivity index (χ1v) is 12.2. The molecule has 0 radical (unpaired) electrons. The van der Waals surface area contributed by atoms with Crippen molar-refractivity contribution in [2.45, 2.75) is 20.8 Å². The normalized spacial score (nSPS) is 15.2. The molecule has 0 aromatic heterocycles. The summed E-state index contributed by atoms with van der Waals surface area (Å²) in [5.41, 5.74) is 1.34. The topological polar surface area (TPSA) is 114 Å². The lowest BCUT2D eigenvalue weighted by atomic mass is 10.0. The van der Waals surface area contributed by atoms with Gasteiger partial charge in [-0.2, -0.15) is 0 Å². The summed E-state index contributed by atoms with van der Waals surface area (Å²) in [6.45, 7) is 7.41. The molecule has 10 heteroatoms. The van der Waals surface area contributed by atoms with Crippen molar-refractivity contribution in [3.63, 3.8) is 0 Å². The number of nitrogens with zero attached hydrogens (tertiary/aromatic N) is 3. The SMILES string of the molecule is CCOC(=O)Oc1ccc(C(=O)N2CCN(C(=O)c3ccc4c(c3)C(=O)N(CC(C)C)C4=O)CC2)cc1. The molecule has 4 amide bonds. The Labute approximate surface area is 214 Å². The predicted molar refractivity (Wildman–Crippen MR) is 133 cm³/mol. The highest BCUT2D eigenvalue weighted by atomic mass is 16.7. The summed E-state index contributed by atoms with van der Waals surface area (Å²) in [5.74, 6) is -0.747. The molecule has 2 aliphatic rings. The lowest BCUT2D eigenvalue weighted by molar-refractivity contribution is 0.0535. The van der Waals surface area contributed by atoms with E-state index in [1.807, 2.05) is 13.8 Å². The first kappa shape index (κ1) is 25.9. The zero-order chi connectivity index (χ0) is 26.7. The molecule has 0 saturated carbocycles. The van der Waals surface area contributed by atoms with Crippen molar-refractivity contribution in [3.05, 3.63) is 64.7 Å². The summed E-state index contributed by atoms with van der Waals surface area (Å²) in [5, 5.41) is 0. The maximum Gasteiger partial charge on any atom is 0.513 e. The average Bonchev–Trinajstić information content (AvgIpc) is 3.12. The maximum absolute atomic E-state index is 13.1. The van der Waals surface area contributed by atoms with E-state index in [2.05, 4.69) is 0 Å². The molecule has 194 valence electrons. The van der Waals surface area contributed by atoms with Gasteiger partial charge < -0.3 is 19.3 Å². The molecule has 0 atom stereocenters. The number of ether oxygens (including phenoxy) is 2. The molecule has 2 aromatic carbocycles. The Kier molecular flexibility index (Phi) is 7.56. The van der Waals surface area contributed by atoms with E-state index in [1.54, 1.807) is 34.9 Å². The molecule has 10 nitrogen and oxygen atoms in total. The lowest BCUT2D eigenvalue weighted by Gasteiger charge is -2.35. The largest absolute Gasteiger partial charge is 0.513 e. The fraction of sp³-hybridized carbons (Fsp3) is 0.370. The number of amides is 4. The van der Waals surface area contributed by atoms with Crippen molar-refractivity contribution in [3.8, 4) is 5.75 Å². The number of benzene rings is 2. The second-order valence-electron chi connectivity index (χ2n) is 9.27. The molecule has 0 aliphatic carbocycles. The molecule has 0 bridgehead atoms. The Hall–Kier alpha value is -4.21. The quantitative estimate of drug-likeness (QED) is 0.335. The van der Waals surface area contributed by atoms with Gasteiger partial charge in [-0.25, -0.2) is 4.79 Å². The number of fused-ring (bicyclic) bond motifs is 1. The van der Waals surface area contributed by atoms with Gasteiger partial charge in [0.2, 0.25) is 0 Å². The number of hydrogen-bond acceptors (Lipinski definition) is 7. The van der Waals surface area contributed by atoms with Gasteiger partial charge in [-0.3, -0.25) is 24.1 Å². The van der Waals surface area contributed by atoms with Crippen molar-refractivity contribution in [1.29, 1.82) is 0 Å². The Balaban J connectivity index is 1.36. The third-order valence-corrected chi connectivity index (χ3v) is 6.18. The van der Waals surface area contributed by atoms with E-state index in [-0.39, 0.29) is 47.5 Å². The summed E-state index contributed by atoms with van der Waals surface area (Å²) in [7, 11) is 0. The summed E-state index contributed by atoms with van der Waals surface area (Å²) < 4.78 is 9.74. The van der Waals surface area contributed by atoms with Gasteiger partial charge in [0.05, 0.1) is 17.7 Å². The molecular weight excluding hydrogens is 478 g/mol. The molecule has 2 aromatic rings. The van der Waals surface area contributed by atoms with Gasteiger partial charge in [-0.05, 0) is 55.3 Å². The zero-order valence-corrected chi connectivity index (χ0v) is 21.1. The van der Waals surface area contributed by atoms with E-state index >= 15 is 0 Å². The van der Waals surface area contributed by atoms with Crippen LogP contribution in [0, 0.1) is 5.92 Å². The number of carbonyl (C=O) groups excluding carboxylic acids is 5.